The van der Waals surface area contributed by atoms with Crippen molar-refractivity contribution in [2.24, 2.45) is 0 Å². The van der Waals surface area contributed by atoms with Crippen molar-refractivity contribution in [2.75, 3.05) is 12.4 Å². The molecule has 0 amide bonds. The van der Waals surface area contributed by atoms with E-state index in [1.807, 2.05) is 43.5 Å². The van der Waals surface area contributed by atoms with Crippen LogP contribution in [0.5, 0.6) is 0 Å². The fourth-order valence-corrected chi connectivity index (χ4v) is 2.95. The first-order chi connectivity index (χ1) is 12.2. The van der Waals surface area contributed by atoms with Crippen LogP contribution >= 0.6 is 23.4 Å². The van der Waals surface area contributed by atoms with Gasteiger partial charge in [0.1, 0.15) is 0 Å². The molecule has 2 aromatic heterocycles. The number of ether oxygens (including phenoxy) is 1. The van der Waals surface area contributed by atoms with E-state index in [1.165, 1.54) is 11.8 Å². The van der Waals surface area contributed by atoms with Gasteiger partial charge in [0.15, 0.2) is 11.0 Å². The number of hydrogen-bond donors (Lipinski definition) is 0. The summed E-state index contributed by atoms with van der Waals surface area (Å²) in [6.45, 7) is 6.40. The van der Waals surface area contributed by atoms with Gasteiger partial charge < -0.3 is 4.74 Å². The van der Waals surface area contributed by atoms with E-state index in [-0.39, 0.29) is 0 Å². The van der Waals surface area contributed by atoms with Crippen LogP contribution in [-0.2, 0) is 4.74 Å². The molecule has 0 aliphatic carbocycles. The number of nitrogens with zero attached hydrogens (tertiary/aromatic N) is 4. The summed E-state index contributed by atoms with van der Waals surface area (Å²) in [7, 11) is 0. The summed E-state index contributed by atoms with van der Waals surface area (Å²) >= 11 is 7.41. The lowest BCUT2D eigenvalue weighted by Gasteiger charge is -2.06. The van der Waals surface area contributed by atoms with Crippen LogP contribution < -0.4 is 0 Å². The smallest absolute Gasteiger partial charge is 0.189 e. The average Bonchev–Trinajstić information content (AvgIpc) is 3.11. The molecule has 25 heavy (non-hydrogen) atoms. The second-order valence-corrected chi connectivity index (χ2v) is 6.52. The van der Waals surface area contributed by atoms with Crippen molar-refractivity contribution in [3.8, 4) is 16.9 Å². The standard InChI is InChI=1S/C18H17ClN4OS/c1-3-24-13(2)12-25-18-20-9-8-17(22-18)23-11-15(10-21-23)14-4-6-16(19)7-5-14/h4-11H,2-3,12H2,1H3. The van der Waals surface area contributed by atoms with Crippen LogP contribution in [0.4, 0.5) is 0 Å². The summed E-state index contributed by atoms with van der Waals surface area (Å²) in [6.07, 6.45) is 5.45. The maximum atomic E-state index is 5.93. The van der Waals surface area contributed by atoms with Crippen LogP contribution in [0.15, 0.2) is 66.4 Å². The molecule has 128 valence electrons. The van der Waals surface area contributed by atoms with Gasteiger partial charge >= 0.3 is 0 Å². The van der Waals surface area contributed by atoms with Crippen molar-refractivity contribution in [1.29, 1.82) is 0 Å². The molecule has 5 nitrogen and oxygen atoms in total. The summed E-state index contributed by atoms with van der Waals surface area (Å²) in [4.78, 5) is 8.80. The molecule has 0 fully saturated rings. The maximum Gasteiger partial charge on any atom is 0.189 e. The second-order valence-electron chi connectivity index (χ2n) is 5.14. The van der Waals surface area contributed by atoms with Crippen molar-refractivity contribution in [1.82, 2.24) is 19.7 Å². The lowest BCUT2D eigenvalue weighted by atomic mass is 10.1. The number of hydrogen-bond acceptors (Lipinski definition) is 5. The van der Waals surface area contributed by atoms with Gasteiger partial charge in [-0.1, -0.05) is 42.1 Å². The monoisotopic (exact) mass is 372 g/mol. The molecule has 0 spiro atoms. The molecule has 2 heterocycles. The molecule has 0 saturated carbocycles. The molecular weight excluding hydrogens is 356 g/mol. The van der Waals surface area contributed by atoms with Crippen LogP contribution in [0.25, 0.3) is 16.9 Å². The van der Waals surface area contributed by atoms with Crippen molar-refractivity contribution in [3.05, 3.63) is 66.3 Å². The molecule has 3 aromatic rings. The molecule has 0 unspecified atom stereocenters. The van der Waals surface area contributed by atoms with Gasteiger partial charge in [0.2, 0.25) is 0 Å². The lowest BCUT2D eigenvalue weighted by Crippen LogP contribution is -2.00. The van der Waals surface area contributed by atoms with E-state index in [1.54, 1.807) is 17.1 Å². The highest BCUT2D eigenvalue weighted by Gasteiger charge is 2.07. The zero-order chi connectivity index (χ0) is 17.6. The third-order valence-corrected chi connectivity index (χ3v) is 4.50. The molecule has 0 aliphatic rings. The molecule has 1 aromatic carbocycles. The van der Waals surface area contributed by atoms with Crippen molar-refractivity contribution >= 4 is 23.4 Å². The number of halogens is 1. The van der Waals surface area contributed by atoms with E-state index >= 15 is 0 Å². The summed E-state index contributed by atoms with van der Waals surface area (Å²) < 4.78 is 7.07. The molecule has 7 heteroatoms. The number of rotatable bonds is 7. The molecule has 0 aliphatic heterocycles. The molecule has 0 atom stereocenters. The third kappa shape index (κ3) is 4.61. The predicted molar refractivity (Wildman–Crippen MR) is 101 cm³/mol. The van der Waals surface area contributed by atoms with E-state index < -0.39 is 0 Å². The Morgan fingerprint density at radius 3 is 2.80 bits per heavy atom. The fraction of sp³-hybridized carbons (Fsp3) is 0.167. The van der Waals surface area contributed by atoms with Crippen LogP contribution in [0.2, 0.25) is 5.02 Å². The highest BCUT2D eigenvalue weighted by molar-refractivity contribution is 7.99. The minimum Gasteiger partial charge on any atom is -0.498 e. The summed E-state index contributed by atoms with van der Waals surface area (Å²) in [5, 5.41) is 5.76. The minimum atomic E-state index is 0.612. The van der Waals surface area contributed by atoms with E-state index in [0.717, 1.165) is 11.1 Å². The van der Waals surface area contributed by atoms with Gasteiger partial charge in [-0.2, -0.15) is 5.10 Å². The fourth-order valence-electron chi connectivity index (χ4n) is 2.16. The molecule has 0 saturated heterocycles. The van der Waals surface area contributed by atoms with Crippen molar-refractivity contribution in [3.63, 3.8) is 0 Å². The highest BCUT2D eigenvalue weighted by atomic mass is 35.5. The SMILES string of the molecule is C=C(CSc1nccc(-n2cc(-c3ccc(Cl)cc3)cn2)n1)OCC. The van der Waals surface area contributed by atoms with E-state index in [2.05, 4.69) is 21.6 Å². The van der Waals surface area contributed by atoms with Gasteiger partial charge in [0, 0.05) is 29.0 Å². The predicted octanol–water partition coefficient (Wildman–Crippen LogP) is 4.63. The first-order valence-electron chi connectivity index (χ1n) is 7.73. The Morgan fingerprint density at radius 1 is 1.24 bits per heavy atom. The highest BCUT2D eigenvalue weighted by Crippen LogP contribution is 2.22. The molecule has 0 bridgehead atoms. The zero-order valence-corrected chi connectivity index (χ0v) is 15.3. The average molecular weight is 373 g/mol. The zero-order valence-electron chi connectivity index (χ0n) is 13.7. The Kier molecular flexibility index (Phi) is 5.73. The Bertz CT molecular complexity index is 864. The van der Waals surface area contributed by atoms with E-state index in [0.29, 0.717) is 34.1 Å². The molecular formula is C18H17ClN4OS. The topological polar surface area (TPSA) is 52.8 Å². The second kappa shape index (κ2) is 8.18. The maximum absolute atomic E-state index is 5.93. The number of thioether (sulfide) groups is 1. The third-order valence-electron chi connectivity index (χ3n) is 3.32. The van der Waals surface area contributed by atoms with Crippen LogP contribution in [-0.4, -0.2) is 32.1 Å². The quantitative estimate of drug-likeness (QED) is 0.344. The normalized spacial score (nSPS) is 10.6. The van der Waals surface area contributed by atoms with Gasteiger partial charge in [-0.3, -0.25) is 0 Å². The van der Waals surface area contributed by atoms with Crippen molar-refractivity contribution < 1.29 is 4.74 Å². The summed E-state index contributed by atoms with van der Waals surface area (Å²) in [6, 6.07) is 9.46. The van der Waals surface area contributed by atoms with Crippen LogP contribution in [0, 0.1) is 0 Å². The van der Waals surface area contributed by atoms with Gasteiger partial charge in [0.25, 0.3) is 0 Å². The molecule has 0 N–H and O–H groups in total. The van der Waals surface area contributed by atoms with Gasteiger partial charge in [-0.05, 0) is 24.6 Å². The minimum absolute atomic E-state index is 0.612. The summed E-state index contributed by atoms with van der Waals surface area (Å²) in [5.74, 6) is 2.04. The van der Waals surface area contributed by atoms with Gasteiger partial charge in [-0.25, -0.2) is 14.6 Å². The van der Waals surface area contributed by atoms with Gasteiger partial charge in [-0.15, -0.1) is 0 Å². The summed E-state index contributed by atoms with van der Waals surface area (Å²) in [5.41, 5.74) is 2.04. The van der Waals surface area contributed by atoms with Gasteiger partial charge in [0.05, 0.1) is 24.3 Å². The van der Waals surface area contributed by atoms with E-state index in [9.17, 15) is 0 Å². The van der Waals surface area contributed by atoms with E-state index in [4.69, 9.17) is 16.3 Å². The Morgan fingerprint density at radius 2 is 2.04 bits per heavy atom. The Balaban J connectivity index is 1.75. The number of aromatic nitrogens is 4. The first kappa shape index (κ1) is 17.5. The Hall–Kier alpha value is -2.31. The number of benzene rings is 1. The molecule has 3 rings (SSSR count). The van der Waals surface area contributed by atoms with Crippen molar-refractivity contribution in [2.45, 2.75) is 12.1 Å². The molecule has 0 radical (unpaired) electrons. The Labute approximate surface area is 155 Å². The van der Waals surface area contributed by atoms with Crippen LogP contribution in [0.1, 0.15) is 6.92 Å². The largest absolute Gasteiger partial charge is 0.498 e. The first-order valence-corrected chi connectivity index (χ1v) is 9.09. The lowest BCUT2D eigenvalue weighted by molar-refractivity contribution is 0.235. The van der Waals surface area contributed by atoms with Crippen LogP contribution in [0.3, 0.4) is 0 Å².